The van der Waals surface area contributed by atoms with Crippen LogP contribution in [0.15, 0.2) is 30.4 Å². The third-order valence-electron chi connectivity index (χ3n) is 4.14. The first kappa shape index (κ1) is 13.8. The normalized spacial score (nSPS) is 29.6. The monoisotopic (exact) mass is 287 g/mol. The Morgan fingerprint density at radius 1 is 1.14 bits per heavy atom. The number of fused-ring (bicyclic) bond motifs is 2. The lowest BCUT2D eigenvalue weighted by Gasteiger charge is -2.21. The first-order valence-electron chi connectivity index (χ1n) is 6.92. The van der Waals surface area contributed by atoms with Gasteiger partial charge in [0.25, 0.3) is 0 Å². The van der Waals surface area contributed by atoms with E-state index in [4.69, 9.17) is 4.74 Å². The molecule has 1 aromatic carbocycles. The number of aliphatic carboxylic acids is 1. The topological polar surface area (TPSA) is 75.6 Å². The first-order chi connectivity index (χ1) is 9.97. The quantitative estimate of drug-likeness (QED) is 0.833. The average molecular weight is 287 g/mol. The van der Waals surface area contributed by atoms with Gasteiger partial charge >= 0.3 is 5.97 Å². The summed E-state index contributed by atoms with van der Waals surface area (Å²) in [5.74, 6) is -2.79. The van der Waals surface area contributed by atoms with Crippen molar-refractivity contribution in [1.82, 2.24) is 0 Å². The minimum absolute atomic E-state index is 0.298. The molecule has 1 amide bonds. The summed E-state index contributed by atoms with van der Waals surface area (Å²) in [7, 11) is 0. The summed E-state index contributed by atoms with van der Waals surface area (Å²) in [6.07, 6.45) is 2.56. The highest BCUT2D eigenvalue weighted by Gasteiger charge is 2.53. The maximum atomic E-state index is 12.5. The second-order valence-corrected chi connectivity index (χ2v) is 5.65. The van der Waals surface area contributed by atoms with E-state index in [2.05, 4.69) is 5.32 Å². The van der Waals surface area contributed by atoms with Crippen LogP contribution in [0.25, 0.3) is 0 Å². The summed E-state index contributed by atoms with van der Waals surface area (Å²) < 4.78 is 5.52. The summed E-state index contributed by atoms with van der Waals surface area (Å²) in [5.41, 5.74) is 2.70. The maximum absolute atomic E-state index is 12.5. The number of ether oxygens (including phenoxy) is 1. The van der Waals surface area contributed by atoms with Gasteiger partial charge in [-0.15, -0.1) is 0 Å². The van der Waals surface area contributed by atoms with Crippen LogP contribution in [0, 0.1) is 25.7 Å². The number of carboxylic acids is 1. The van der Waals surface area contributed by atoms with Gasteiger partial charge in [0.1, 0.15) is 5.92 Å². The Bertz CT molecular complexity index is 637. The van der Waals surface area contributed by atoms with Gasteiger partial charge in [0.05, 0.1) is 18.1 Å². The van der Waals surface area contributed by atoms with Crippen molar-refractivity contribution >= 4 is 17.6 Å². The number of nitrogens with one attached hydrogen (secondary N) is 1. The molecule has 2 aliphatic rings. The van der Waals surface area contributed by atoms with Gasteiger partial charge in [-0.05, 0) is 31.0 Å². The van der Waals surface area contributed by atoms with Gasteiger partial charge < -0.3 is 15.2 Å². The standard InChI is InChI=1S/C16H17NO4/c1-8-3-4-9(2)10(7-8)17-15(18)13-11-5-6-12(21-11)14(13)16(19)20/h3-7,11-14H,1-2H3,(H,17,18)(H,19,20)/t11-,12-,13-,14-/m0/s1. The van der Waals surface area contributed by atoms with Crippen LogP contribution < -0.4 is 5.32 Å². The molecule has 0 radical (unpaired) electrons. The van der Waals surface area contributed by atoms with E-state index < -0.39 is 30.0 Å². The number of aryl methyl sites for hydroxylation is 2. The molecule has 0 unspecified atom stereocenters. The van der Waals surface area contributed by atoms with Crippen LogP contribution in [0.4, 0.5) is 5.69 Å². The highest BCUT2D eigenvalue weighted by Crippen LogP contribution is 2.40. The Hall–Kier alpha value is -2.14. The van der Waals surface area contributed by atoms with Gasteiger partial charge in [0.15, 0.2) is 0 Å². The number of amides is 1. The third kappa shape index (κ3) is 2.34. The fourth-order valence-electron chi connectivity index (χ4n) is 3.00. The summed E-state index contributed by atoms with van der Waals surface area (Å²) in [4.78, 5) is 23.9. The highest BCUT2D eigenvalue weighted by molar-refractivity contribution is 5.97. The summed E-state index contributed by atoms with van der Waals surface area (Å²) in [6, 6.07) is 5.78. The van der Waals surface area contributed by atoms with Crippen LogP contribution in [0.5, 0.6) is 0 Å². The largest absolute Gasteiger partial charge is 0.481 e. The number of carbonyl (C=O) groups excluding carboxylic acids is 1. The first-order valence-corrected chi connectivity index (χ1v) is 6.92. The number of anilines is 1. The lowest BCUT2D eigenvalue weighted by molar-refractivity contribution is -0.145. The predicted molar refractivity (Wildman–Crippen MR) is 77.0 cm³/mol. The molecule has 2 bridgehead atoms. The minimum atomic E-state index is -0.993. The number of carbonyl (C=O) groups is 2. The van der Waals surface area contributed by atoms with Crippen LogP contribution in [0.3, 0.4) is 0 Å². The Labute approximate surface area is 122 Å². The lowest BCUT2D eigenvalue weighted by atomic mass is 9.82. The van der Waals surface area contributed by atoms with Crippen molar-refractivity contribution in [3.63, 3.8) is 0 Å². The van der Waals surface area contributed by atoms with Crippen LogP contribution in [0.2, 0.25) is 0 Å². The van der Waals surface area contributed by atoms with Crippen molar-refractivity contribution in [2.45, 2.75) is 26.1 Å². The van der Waals surface area contributed by atoms with E-state index in [0.29, 0.717) is 0 Å². The van der Waals surface area contributed by atoms with E-state index in [1.54, 1.807) is 12.2 Å². The second-order valence-electron chi connectivity index (χ2n) is 5.65. The third-order valence-corrected chi connectivity index (χ3v) is 4.14. The molecule has 0 spiro atoms. The minimum Gasteiger partial charge on any atom is -0.481 e. The van der Waals surface area contributed by atoms with Gasteiger partial charge in [0.2, 0.25) is 5.91 Å². The fourth-order valence-corrected chi connectivity index (χ4v) is 3.00. The number of hydrogen-bond donors (Lipinski definition) is 2. The van der Waals surface area contributed by atoms with Gasteiger partial charge in [-0.25, -0.2) is 0 Å². The molecule has 1 saturated heterocycles. The predicted octanol–water partition coefficient (Wildman–Crippen LogP) is 1.90. The Kier molecular flexibility index (Phi) is 3.29. The van der Waals surface area contributed by atoms with Crippen molar-refractivity contribution in [3.05, 3.63) is 41.5 Å². The van der Waals surface area contributed by atoms with Crippen molar-refractivity contribution in [3.8, 4) is 0 Å². The number of hydrogen-bond acceptors (Lipinski definition) is 3. The number of carboxylic acid groups (broad SMARTS) is 1. The van der Waals surface area contributed by atoms with E-state index in [1.807, 2.05) is 32.0 Å². The van der Waals surface area contributed by atoms with Crippen molar-refractivity contribution in [2.24, 2.45) is 11.8 Å². The molecule has 2 aliphatic heterocycles. The number of rotatable bonds is 3. The van der Waals surface area contributed by atoms with Gasteiger partial charge in [0, 0.05) is 5.69 Å². The van der Waals surface area contributed by atoms with E-state index in [0.717, 1.165) is 16.8 Å². The van der Waals surface area contributed by atoms with Crippen molar-refractivity contribution < 1.29 is 19.4 Å². The smallest absolute Gasteiger partial charge is 0.310 e. The van der Waals surface area contributed by atoms with Crippen LogP contribution >= 0.6 is 0 Å². The van der Waals surface area contributed by atoms with Gasteiger partial charge in [-0.1, -0.05) is 24.3 Å². The zero-order chi connectivity index (χ0) is 15.1. The van der Waals surface area contributed by atoms with Crippen LogP contribution in [0.1, 0.15) is 11.1 Å². The Morgan fingerprint density at radius 2 is 1.81 bits per heavy atom. The Balaban J connectivity index is 1.83. The molecular weight excluding hydrogens is 270 g/mol. The van der Waals surface area contributed by atoms with Crippen molar-refractivity contribution in [1.29, 1.82) is 0 Å². The maximum Gasteiger partial charge on any atom is 0.310 e. The Morgan fingerprint density at radius 3 is 2.48 bits per heavy atom. The van der Waals surface area contributed by atoms with E-state index in [-0.39, 0.29) is 5.91 Å². The zero-order valence-electron chi connectivity index (χ0n) is 11.9. The SMILES string of the molecule is Cc1ccc(C)c(NC(=O)[C@@H]2[C@@H](C(=O)O)[C@@H]3C=C[C@@H]2O3)c1. The average Bonchev–Trinajstić information content (AvgIpc) is 3.03. The lowest BCUT2D eigenvalue weighted by Crippen LogP contribution is -2.39. The summed E-state index contributed by atoms with van der Waals surface area (Å²) >= 11 is 0. The molecule has 0 aromatic heterocycles. The molecule has 110 valence electrons. The molecule has 5 heteroatoms. The molecule has 4 atom stereocenters. The molecule has 1 fully saturated rings. The molecule has 0 aliphatic carbocycles. The zero-order valence-corrected chi connectivity index (χ0v) is 11.9. The summed E-state index contributed by atoms with van der Waals surface area (Å²) in [6.45, 7) is 3.85. The van der Waals surface area contributed by atoms with Crippen molar-refractivity contribution in [2.75, 3.05) is 5.32 Å². The van der Waals surface area contributed by atoms with E-state index in [9.17, 15) is 14.7 Å². The molecule has 0 saturated carbocycles. The molecule has 2 heterocycles. The second kappa shape index (κ2) is 5.00. The van der Waals surface area contributed by atoms with Crippen LogP contribution in [-0.2, 0) is 14.3 Å². The molecule has 5 nitrogen and oxygen atoms in total. The fraction of sp³-hybridized carbons (Fsp3) is 0.375. The molecule has 1 aromatic rings. The molecule has 21 heavy (non-hydrogen) atoms. The van der Waals surface area contributed by atoms with Crippen LogP contribution in [-0.4, -0.2) is 29.2 Å². The molecule has 3 rings (SSSR count). The number of benzene rings is 1. The van der Waals surface area contributed by atoms with E-state index in [1.165, 1.54) is 0 Å². The summed E-state index contributed by atoms with van der Waals surface area (Å²) in [5, 5.41) is 12.2. The highest BCUT2D eigenvalue weighted by atomic mass is 16.5. The van der Waals surface area contributed by atoms with Gasteiger partial charge in [-0.3, -0.25) is 9.59 Å². The molecule has 2 N–H and O–H groups in total. The van der Waals surface area contributed by atoms with E-state index >= 15 is 0 Å². The molecular formula is C16H17NO4. The van der Waals surface area contributed by atoms with Gasteiger partial charge in [-0.2, -0.15) is 0 Å².